The molecule has 1 unspecified atom stereocenters. The third-order valence-corrected chi connectivity index (χ3v) is 3.07. The lowest BCUT2D eigenvalue weighted by Crippen LogP contribution is -2.24. The van der Waals surface area contributed by atoms with E-state index >= 15 is 0 Å². The van der Waals surface area contributed by atoms with Gasteiger partial charge in [-0.05, 0) is 30.8 Å². The second-order valence-corrected chi connectivity index (χ2v) is 4.69. The molecular weight excluding hydrogens is 283 g/mol. The monoisotopic (exact) mass is 299 g/mol. The van der Waals surface area contributed by atoms with Gasteiger partial charge in [-0.15, -0.1) is 0 Å². The number of hydrogen-bond acceptors (Lipinski definition) is 3. The van der Waals surface area contributed by atoms with Crippen LogP contribution >= 0.6 is 0 Å². The molecule has 2 N–H and O–H groups in total. The maximum atomic E-state index is 12.8. The first-order valence-corrected chi connectivity index (χ1v) is 6.52. The van der Waals surface area contributed by atoms with Crippen LogP contribution in [0.4, 0.5) is 13.2 Å². The SMILES string of the molecule is NCC(COc1ccccc1C(F)(F)F)Cc1ccco1. The van der Waals surface area contributed by atoms with Gasteiger partial charge in [-0.3, -0.25) is 0 Å². The number of nitrogens with two attached hydrogens (primary N) is 1. The van der Waals surface area contributed by atoms with E-state index in [1.54, 1.807) is 18.4 Å². The van der Waals surface area contributed by atoms with Crippen LogP contribution in [0, 0.1) is 5.92 Å². The molecule has 0 saturated heterocycles. The Kier molecular flexibility index (Phi) is 4.90. The Bertz CT molecular complexity index is 552. The fraction of sp³-hybridized carbons (Fsp3) is 0.333. The summed E-state index contributed by atoms with van der Waals surface area (Å²) in [6.07, 6.45) is -2.36. The van der Waals surface area contributed by atoms with Gasteiger partial charge in [0.2, 0.25) is 0 Å². The summed E-state index contributed by atoms with van der Waals surface area (Å²) in [7, 11) is 0. The highest BCUT2D eigenvalue weighted by Crippen LogP contribution is 2.36. The Balaban J connectivity index is 2.01. The van der Waals surface area contributed by atoms with E-state index in [1.165, 1.54) is 18.2 Å². The van der Waals surface area contributed by atoms with Crippen molar-refractivity contribution >= 4 is 0 Å². The normalized spacial score (nSPS) is 13.1. The highest BCUT2D eigenvalue weighted by atomic mass is 19.4. The van der Waals surface area contributed by atoms with E-state index < -0.39 is 11.7 Å². The lowest BCUT2D eigenvalue weighted by molar-refractivity contribution is -0.139. The van der Waals surface area contributed by atoms with Gasteiger partial charge < -0.3 is 14.9 Å². The smallest absolute Gasteiger partial charge is 0.419 e. The molecule has 0 aliphatic carbocycles. The van der Waals surface area contributed by atoms with E-state index in [2.05, 4.69) is 0 Å². The minimum absolute atomic E-state index is 0.101. The molecule has 0 fully saturated rings. The van der Waals surface area contributed by atoms with Gasteiger partial charge in [-0.1, -0.05) is 12.1 Å². The molecule has 6 heteroatoms. The highest BCUT2D eigenvalue weighted by Gasteiger charge is 2.34. The van der Waals surface area contributed by atoms with Crippen LogP contribution in [-0.4, -0.2) is 13.2 Å². The molecule has 1 atom stereocenters. The van der Waals surface area contributed by atoms with Crippen molar-refractivity contribution in [2.45, 2.75) is 12.6 Å². The minimum atomic E-state index is -4.43. The molecule has 1 heterocycles. The third-order valence-electron chi connectivity index (χ3n) is 3.07. The molecule has 114 valence electrons. The van der Waals surface area contributed by atoms with E-state index in [1.807, 2.05) is 0 Å². The number of hydrogen-bond donors (Lipinski definition) is 1. The zero-order valence-electron chi connectivity index (χ0n) is 11.3. The van der Waals surface area contributed by atoms with Gasteiger partial charge in [0.15, 0.2) is 0 Å². The van der Waals surface area contributed by atoms with Gasteiger partial charge in [0, 0.05) is 12.3 Å². The molecule has 0 aliphatic rings. The maximum absolute atomic E-state index is 12.8. The topological polar surface area (TPSA) is 48.4 Å². The second-order valence-electron chi connectivity index (χ2n) is 4.69. The van der Waals surface area contributed by atoms with Crippen LogP contribution in [0.2, 0.25) is 0 Å². The highest BCUT2D eigenvalue weighted by molar-refractivity contribution is 5.35. The summed E-state index contributed by atoms with van der Waals surface area (Å²) in [6, 6.07) is 8.70. The summed E-state index contributed by atoms with van der Waals surface area (Å²) in [5.74, 6) is 0.443. The van der Waals surface area contributed by atoms with E-state index in [9.17, 15) is 13.2 Å². The van der Waals surface area contributed by atoms with Crippen LogP contribution in [0.25, 0.3) is 0 Å². The fourth-order valence-electron chi connectivity index (χ4n) is 1.96. The van der Waals surface area contributed by atoms with Crippen LogP contribution in [-0.2, 0) is 12.6 Å². The average molecular weight is 299 g/mol. The Hall–Kier alpha value is -1.95. The summed E-state index contributed by atoms with van der Waals surface area (Å²) < 4.78 is 49.0. The van der Waals surface area contributed by atoms with Crippen molar-refractivity contribution in [2.75, 3.05) is 13.2 Å². The number of para-hydroxylation sites is 1. The maximum Gasteiger partial charge on any atom is 0.419 e. The van der Waals surface area contributed by atoms with Crippen molar-refractivity contribution < 1.29 is 22.3 Å². The summed E-state index contributed by atoms with van der Waals surface area (Å²) in [5, 5.41) is 0. The van der Waals surface area contributed by atoms with Crippen LogP contribution in [0.15, 0.2) is 47.1 Å². The Morgan fingerprint density at radius 3 is 2.52 bits per heavy atom. The molecule has 0 radical (unpaired) electrons. The number of benzene rings is 1. The summed E-state index contributed by atoms with van der Waals surface area (Å²) >= 11 is 0. The van der Waals surface area contributed by atoms with E-state index in [-0.39, 0.29) is 18.3 Å². The van der Waals surface area contributed by atoms with Crippen molar-refractivity contribution in [3.63, 3.8) is 0 Å². The predicted octanol–water partition coefficient (Wildman–Crippen LogP) is 3.49. The van der Waals surface area contributed by atoms with Crippen LogP contribution in [0.3, 0.4) is 0 Å². The van der Waals surface area contributed by atoms with E-state index in [0.717, 1.165) is 11.8 Å². The number of ether oxygens (including phenoxy) is 1. The van der Waals surface area contributed by atoms with Gasteiger partial charge in [0.05, 0.1) is 18.4 Å². The number of halogens is 3. The molecule has 1 aromatic heterocycles. The van der Waals surface area contributed by atoms with Crippen LogP contribution < -0.4 is 10.5 Å². The summed E-state index contributed by atoms with van der Waals surface area (Å²) in [5.41, 5.74) is 4.85. The van der Waals surface area contributed by atoms with Crippen LogP contribution in [0.1, 0.15) is 11.3 Å². The molecule has 0 saturated carbocycles. The minimum Gasteiger partial charge on any atom is -0.493 e. The molecule has 0 aliphatic heterocycles. The Labute approximate surface area is 120 Å². The third kappa shape index (κ3) is 4.26. The molecule has 2 rings (SSSR count). The van der Waals surface area contributed by atoms with Gasteiger partial charge in [0.25, 0.3) is 0 Å². The largest absolute Gasteiger partial charge is 0.493 e. The summed E-state index contributed by atoms with van der Waals surface area (Å²) in [6.45, 7) is 0.402. The van der Waals surface area contributed by atoms with Crippen molar-refractivity contribution in [3.8, 4) is 5.75 Å². The van der Waals surface area contributed by atoms with Gasteiger partial charge in [-0.25, -0.2) is 0 Å². The molecular formula is C15H16F3NO2. The zero-order valence-corrected chi connectivity index (χ0v) is 11.3. The van der Waals surface area contributed by atoms with Crippen molar-refractivity contribution in [2.24, 2.45) is 11.7 Å². The van der Waals surface area contributed by atoms with E-state index in [0.29, 0.717) is 13.0 Å². The standard InChI is InChI=1S/C15H16F3NO2/c16-15(17,18)13-5-1-2-6-14(13)21-10-11(9-19)8-12-4-3-7-20-12/h1-7,11H,8-10,19H2. The fourth-order valence-corrected chi connectivity index (χ4v) is 1.96. The molecule has 0 spiro atoms. The lowest BCUT2D eigenvalue weighted by Gasteiger charge is -2.17. The molecule has 2 aromatic rings. The van der Waals surface area contributed by atoms with Crippen LogP contribution in [0.5, 0.6) is 5.75 Å². The van der Waals surface area contributed by atoms with Crippen molar-refractivity contribution in [3.05, 3.63) is 54.0 Å². The number of furan rings is 1. The second kappa shape index (κ2) is 6.67. The molecule has 0 bridgehead atoms. The average Bonchev–Trinajstić information content (AvgIpc) is 2.95. The molecule has 1 aromatic carbocycles. The van der Waals surface area contributed by atoms with Gasteiger partial charge >= 0.3 is 6.18 Å². The quantitative estimate of drug-likeness (QED) is 0.888. The summed E-state index contributed by atoms with van der Waals surface area (Å²) in [4.78, 5) is 0. The van der Waals surface area contributed by atoms with Gasteiger partial charge in [0.1, 0.15) is 11.5 Å². The lowest BCUT2D eigenvalue weighted by atomic mass is 10.1. The van der Waals surface area contributed by atoms with Crippen molar-refractivity contribution in [1.29, 1.82) is 0 Å². The van der Waals surface area contributed by atoms with E-state index in [4.69, 9.17) is 14.9 Å². The Morgan fingerprint density at radius 2 is 1.90 bits per heavy atom. The molecule has 3 nitrogen and oxygen atoms in total. The predicted molar refractivity (Wildman–Crippen MR) is 71.9 cm³/mol. The zero-order chi connectivity index (χ0) is 15.3. The Morgan fingerprint density at radius 1 is 1.14 bits per heavy atom. The molecule has 21 heavy (non-hydrogen) atoms. The first kappa shape index (κ1) is 15.4. The number of alkyl halides is 3. The van der Waals surface area contributed by atoms with Crippen molar-refractivity contribution in [1.82, 2.24) is 0 Å². The molecule has 0 amide bonds. The van der Waals surface area contributed by atoms with Gasteiger partial charge in [-0.2, -0.15) is 13.2 Å². The first-order valence-electron chi connectivity index (χ1n) is 6.52. The first-order chi connectivity index (χ1) is 10.0. The number of rotatable bonds is 6.